The molecule has 128 valence electrons. The third kappa shape index (κ3) is 3.49. The van der Waals surface area contributed by atoms with E-state index in [9.17, 15) is 4.79 Å². The number of ether oxygens (including phenoxy) is 2. The zero-order chi connectivity index (χ0) is 17.1. The largest absolute Gasteiger partial charge is 0.465 e. The van der Waals surface area contributed by atoms with Crippen LogP contribution in [-0.2, 0) is 16.0 Å². The van der Waals surface area contributed by atoms with Gasteiger partial charge in [-0.1, -0.05) is 0 Å². The van der Waals surface area contributed by atoms with Gasteiger partial charge in [-0.2, -0.15) is 0 Å². The van der Waals surface area contributed by atoms with Crippen molar-refractivity contribution < 1.29 is 18.7 Å². The van der Waals surface area contributed by atoms with Gasteiger partial charge in [0.2, 0.25) is 5.89 Å². The number of hydrogen-bond donors (Lipinski definition) is 0. The van der Waals surface area contributed by atoms with Crippen molar-refractivity contribution >= 4 is 5.97 Å². The summed E-state index contributed by atoms with van der Waals surface area (Å²) in [6.07, 6.45) is 1.05. The molecular formula is C18H22N2O4. The second-order valence-corrected chi connectivity index (χ2v) is 6.02. The predicted octanol–water partition coefficient (Wildman–Crippen LogP) is 2.66. The molecule has 24 heavy (non-hydrogen) atoms. The Morgan fingerprint density at radius 2 is 2.12 bits per heavy atom. The summed E-state index contributed by atoms with van der Waals surface area (Å²) in [6.45, 7) is 4.25. The zero-order valence-electron chi connectivity index (χ0n) is 14.2. The van der Waals surface area contributed by atoms with Crippen molar-refractivity contribution in [3.8, 4) is 11.5 Å². The molecular weight excluding hydrogens is 308 g/mol. The Kier molecular flexibility index (Phi) is 4.97. The molecule has 0 N–H and O–H groups in total. The van der Waals surface area contributed by atoms with Crippen molar-refractivity contribution in [2.45, 2.75) is 25.9 Å². The molecule has 0 amide bonds. The van der Waals surface area contributed by atoms with E-state index in [1.54, 1.807) is 12.1 Å². The van der Waals surface area contributed by atoms with Crippen LogP contribution in [0.2, 0.25) is 0 Å². The number of nitrogens with zero attached hydrogens (tertiary/aromatic N) is 2. The number of carbonyl (C=O) groups excluding carboxylic acids is 1. The Morgan fingerprint density at radius 1 is 1.38 bits per heavy atom. The van der Waals surface area contributed by atoms with E-state index < -0.39 is 0 Å². The lowest BCUT2D eigenvalue weighted by atomic mass is 10.1. The monoisotopic (exact) mass is 330 g/mol. The number of aromatic nitrogens is 1. The Morgan fingerprint density at radius 3 is 2.75 bits per heavy atom. The van der Waals surface area contributed by atoms with E-state index in [1.165, 1.54) is 7.11 Å². The summed E-state index contributed by atoms with van der Waals surface area (Å²) >= 11 is 0. The highest BCUT2D eigenvalue weighted by atomic mass is 16.5. The molecule has 1 aliphatic rings. The summed E-state index contributed by atoms with van der Waals surface area (Å²) in [5.74, 6) is 1.02. The van der Waals surface area contributed by atoms with Crippen LogP contribution < -0.4 is 0 Å². The lowest BCUT2D eigenvalue weighted by Crippen LogP contribution is -2.31. The van der Waals surface area contributed by atoms with Crippen molar-refractivity contribution in [3.05, 3.63) is 41.3 Å². The van der Waals surface area contributed by atoms with Crippen LogP contribution in [0.4, 0.5) is 0 Å². The van der Waals surface area contributed by atoms with Crippen LogP contribution in [0.15, 0.2) is 28.7 Å². The minimum atomic E-state index is -0.355. The van der Waals surface area contributed by atoms with Crippen molar-refractivity contribution in [1.29, 1.82) is 0 Å². The van der Waals surface area contributed by atoms with Gasteiger partial charge in [0.15, 0.2) is 0 Å². The van der Waals surface area contributed by atoms with Crippen molar-refractivity contribution in [2.75, 3.05) is 27.4 Å². The standard InChI is InChI=1S/C18H22N2O4/c1-12-16(10-20(2)15-8-9-23-11-15)19-17(24-12)13-4-6-14(7-5-13)18(21)22-3/h4-7,15H,8-11H2,1-3H3/t15-/m0/s1. The summed E-state index contributed by atoms with van der Waals surface area (Å²) in [6, 6.07) is 7.49. The fourth-order valence-electron chi connectivity index (χ4n) is 2.80. The third-order valence-corrected chi connectivity index (χ3v) is 4.37. The molecule has 6 nitrogen and oxygen atoms in total. The number of oxazole rings is 1. The van der Waals surface area contributed by atoms with Gasteiger partial charge in [0, 0.05) is 24.8 Å². The number of rotatable bonds is 5. The number of hydrogen-bond acceptors (Lipinski definition) is 6. The number of aryl methyl sites for hydroxylation is 1. The van der Waals surface area contributed by atoms with Gasteiger partial charge in [-0.15, -0.1) is 0 Å². The van der Waals surface area contributed by atoms with Crippen molar-refractivity contribution in [3.63, 3.8) is 0 Å². The summed E-state index contributed by atoms with van der Waals surface area (Å²) in [7, 11) is 3.45. The number of methoxy groups -OCH3 is 1. The molecule has 0 saturated carbocycles. The quantitative estimate of drug-likeness (QED) is 0.785. The van der Waals surface area contributed by atoms with Crippen LogP contribution in [0.1, 0.15) is 28.2 Å². The van der Waals surface area contributed by atoms with Crippen LogP contribution >= 0.6 is 0 Å². The Balaban J connectivity index is 1.74. The zero-order valence-corrected chi connectivity index (χ0v) is 14.2. The molecule has 6 heteroatoms. The highest BCUT2D eigenvalue weighted by Crippen LogP contribution is 2.24. The second kappa shape index (κ2) is 7.15. The lowest BCUT2D eigenvalue weighted by molar-refractivity contribution is 0.0600. The van der Waals surface area contributed by atoms with Gasteiger partial charge in [0.1, 0.15) is 5.76 Å². The maximum atomic E-state index is 11.5. The number of likely N-dealkylation sites (N-methyl/N-ethyl adjacent to an activating group) is 1. The highest BCUT2D eigenvalue weighted by molar-refractivity contribution is 5.89. The Labute approximate surface area is 141 Å². The van der Waals surface area contributed by atoms with E-state index >= 15 is 0 Å². The van der Waals surface area contributed by atoms with Gasteiger partial charge in [-0.3, -0.25) is 4.90 Å². The maximum Gasteiger partial charge on any atom is 0.337 e. The Bertz CT molecular complexity index is 702. The van der Waals surface area contributed by atoms with E-state index in [0.717, 1.165) is 43.2 Å². The molecule has 1 aromatic heterocycles. The molecule has 0 radical (unpaired) electrons. The van der Waals surface area contributed by atoms with Crippen LogP contribution in [0.3, 0.4) is 0 Å². The molecule has 2 heterocycles. The molecule has 0 aliphatic carbocycles. The molecule has 2 aromatic rings. The lowest BCUT2D eigenvalue weighted by Gasteiger charge is -2.21. The first-order valence-electron chi connectivity index (χ1n) is 8.01. The highest BCUT2D eigenvalue weighted by Gasteiger charge is 2.22. The molecule has 0 spiro atoms. The van der Waals surface area contributed by atoms with Crippen LogP contribution in [0, 0.1) is 6.92 Å². The molecule has 1 aromatic carbocycles. The van der Waals surface area contributed by atoms with E-state index in [1.807, 2.05) is 19.1 Å². The smallest absolute Gasteiger partial charge is 0.337 e. The fraction of sp³-hybridized carbons (Fsp3) is 0.444. The minimum Gasteiger partial charge on any atom is -0.465 e. The molecule has 1 atom stereocenters. The van der Waals surface area contributed by atoms with Gasteiger partial charge in [-0.05, 0) is 44.7 Å². The van der Waals surface area contributed by atoms with Gasteiger partial charge in [-0.25, -0.2) is 9.78 Å². The van der Waals surface area contributed by atoms with Gasteiger partial charge in [0.05, 0.1) is 25.0 Å². The first kappa shape index (κ1) is 16.7. The van der Waals surface area contributed by atoms with Crippen LogP contribution in [0.25, 0.3) is 11.5 Å². The summed E-state index contributed by atoms with van der Waals surface area (Å²) < 4.78 is 15.9. The summed E-state index contributed by atoms with van der Waals surface area (Å²) in [5, 5.41) is 0. The van der Waals surface area contributed by atoms with Gasteiger partial charge in [0.25, 0.3) is 0 Å². The third-order valence-electron chi connectivity index (χ3n) is 4.37. The number of esters is 1. The first-order chi connectivity index (χ1) is 11.6. The molecule has 1 fully saturated rings. The second-order valence-electron chi connectivity index (χ2n) is 6.02. The fourth-order valence-corrected chi connectivity index (χ4v) is 2.80. The summed E-state index contributed by atoms with van der Waals surface area (Å²) in [5.41, 5.74) is 2.27. The molecule has 1 aliphatic heterocycles. The van der Waals surface area contributed by atoms with Crippen molar-refractivity contribution in [1.82, 2.24) is 9.88 Å². The van der Waals surface area contributed by atoms with Gasteiger partial charge < -0.3 is 13.9 Å². The van der Waals surface area contributed by atoms with E-state index in [4.69, 9.17) is 13.9 Å². The topological polar surface area (TPSA) is 64.8 Å². The molecule has 1 saturated heterocycles. The van der Waals surface area contributed by atoms with E-state index in [-0.39, 0.29) is 5.97 Å². The number of benzene rings is 1. The normalized spacial score (nSPS) is 17.4. The van der Waals surface area contributed by atoms with E-state index in [0.29, 0.717) is 17.5 Å². The average molecular weight is 330 g/mol. The van der Waals surface area contributed by atoms with Crippen molar-refractivity contribution in [2.24, 2.45) is 0 Å². The number of carbonyl (C=O) groups is 1. The average Bonchev–Trinajstić information content (AvgIpc) is 3.25. The SMILES string of the molecule is COC(=O)c1ccc(-c2nc(CN(C)[C@H]3CCOC3)c(C)o2)cc1. The van der Waals surface area contributed by atoms with Gasteiger partial charge >= 0.3 is 5.97 Å². The molecule has 3 rings (SSSR count). The Hall–Kier alpha value is -2.18. The van der Waals surface area contributed by atoms with Crippen LogP contribution in [-0.4, -0.2) is 49.3 Å². The minimum absolute atomic E-state index is 0.355. The molecule has 0 bridgehead atoms. The van der Waals surface area contributed by atoms with E-state index in [2.05, 4.69) is 16.9 Å². The maximum absolute atomic E-state index is 11.5. The predicted molar refractivity (Wildman–Crippen MR) is 88.7 cm³/mol. The van der Waals surface area contributed by atoms with Crippen LogP contribution in [0.5, 0.6) is 0 Å². The summed E-state index contributed by atoms with van der Waals surface area (Å²) in [4.78, 5) is 18.4. The molecule has 0 unspecified atom stereocenters. The first-order valence-corrected chi connectivity index (χ1v) is 8.01.